The number of hydrogen-bond donors (Lipinski definition) is 0. The maximum absolute atomic E-state index is 5.76. The molecule has 0 amide bonds. The Balaban J connectivity index is 1.79. The minimum atomic E-state index is 0.260. The van der Waals surface area contributed by atoms with Crippen molar-refractivity contribution in [1.82, 2.24) is 14.5 Å². The third kappa shape index (κ3) is 2.09. The highest BCUT2D eigenvalue weighted by Crippen LogP contribution is 2.31. The molecule has 0 saturated carbocycles. The second kappa shape index (κ2) is 4.74. The maximum atomic E-state index is 5.76. The molecular formula is C17H15N3O. The summed E-state index contributed by atoms with van der Waals surface area (Å²) in [5.74, 6) is 1.89. The molecule has 1 aromatic carbocycles. The van der Waals surface area contributed by atoms with Gasteiger partial charge in [-0.15, -0.1) is 0 Å². The molecule has 3 aromatic rings. The van der Waals surface area contributed by atoms with Crippen LogP contribution in [0.25, 0.3) is 17.1 Å². The van der Waals surface area contributed by atoms with Gasteiger partial charge in [0.25, 0.3) is 0 Å². The number of rotatable bonds is 2. The van der Waals surface area contributed by atoms with Crippen LogP contribution in [0, 0.1) is 0 Å². The Bertz CT molecular complexity index is 780. The maximum Gasteiger partial charge on any atom is 0.146 e. The Morgan fingerprint density at radius 3 is 3.05 bits per heavy atom. The molecule has 1 aliphatic heterocycles. The van der Waals surface area contributed by atoms with Gasteiger partial charge in [-0.1, -0.05) is 0 Å². The predicted molar refractivity (Wildman–Crippen MR) is 80.6 cm³/mol. The lowest BCUT2D eigenvalue weighted by Crippen LogP contribution is -2.05. The fraction of sp³-hybridized carbons (Fsp3) is 0.176. The van der Waals surface area contributed by atoms with Gasteiger partial charge in [0.1, 0.15) is 17.7 Å². The van der Waals surface area contributed by atoms with Crippen molar-refractivity contribution >= 4 is 0 Å². The van der Waals surface area contributed by atoms with E-state index in [9.17, 15) is 0 Å². The van der Waals surface area contributed by atoms with Crippen LogP contribution in [0.4, 0.5) is 0 Å². The average Bonchev–Trinajstić information content (AvgIpc) is 3.12. The Kier molecular flexibility index (Phi) is 2.74. The van der Waals surface area contributed by atoms with Gasteiger partial charge in [-0.3, -0.25) is 9.55 Å². The van der Waals surface area contributed by atoms with Gasteiger partial charge >= 0.3 is 0 Å². The second-order valence-corrected chi connectivity index (χ2v) is 5.29. The zero-order valence-corrected chi connectivity index (χ0v) is 11.7. The first kappa shape index (κ1) is 12.1. The average molecular weight is 277 g/mol. The quantitative estimate of drug-likeness (QED) is 0.722. The minimum absolute atomic E-state index is 0.260. The van der Waals surface area contributed by atoms with Crippen LogP contribution in [0.3, 0.4) is 0 Å². The molecule has 4 heteroatoms. The minimum Gasteiger partial charge on any atom is -0.490 e. The molecule has 21 heavy (non-hydrogen) atoms. The summed E-state index contributed by atoms with van der Waals surface area (Å²) in [5, 5.41) is 0. The first-order chi connectivity index (χ1) is 10.3. The first-order valence-corrected chi connectivity index (χ1v) is 7.05. The lowest BCUT2D eigenvalue weighted by atomic mass is 10.1. The zero-order chi connectivity index (χ0) is 14.2. The Labute approximate surface area is 123 Å². The summed E-state index contributed by atoms with van der Waals surface area (Å²) in [7, 11) is 0. The van der Waals surface area contributed by atoms with Crippen LogP contribution in [0.15, 0.2) is 55.1 Å². The van der Waals surface area contributed by atoms with Crippen molar-refractivity contribution in [3.8, 4) is 22.8 Å². The van der Waals surface area contributed by atoms with E-state index < -0.39 is 0 Å². The van der Waals surface area contributed by atoms with E-state index in [4.69, 9.17) is 4.74 Å². The zero-order valence-electron chi connectivity index (χ0n) is 11.7. The predicted octanol–water partition coefficient (Wildman–Crippen LogP) is 3.26. The number of pyridine rings is 1. The van der Waals surface area contributed by atoms with Gasteiger partial charge in [-0.25, -0.2) is 4.98 Å². The number of imidazole rings is 1. The fourth-order valence-corrected chi connectivity index (χ4v) is 2.78. The molecular weight excluding hydrogens is 262 g/mol. The van der Waals surface area contributed by atoms with Crippen LogP contribution in [-0.4, -0.2) is 20.6 Å². The van der Waals surface area contributed by atoms with Gasteiger partial charge in [-0.05, 0) is 42.8 Å². The van der Waals surface area contributed by atoms with E-state index in [1.165, 1.54) is 5.56 Å². The lowest BCUT2D eigenvalue weighted by Gasteiger charge is -2.09. The summed E-state index contributed by atoms with van der Waals surface area (Å²) in [6.07, 6.45) is 8.61. The van der Waals surface area contributed by atoms with E-state index in [2.05, 4.69) is 33.6 Å². The Hall–Kier alpha value is -2.62. The highest BCUT2D eigenvalue weighted by Gasteiger charge is 2.19. The van der Waals surface area contributed by atoms with Crippen molar-refractivity contribution in [2.75, 3.05) is 0 Å². The smallest absolute Gasteiger partial charge is 0.146 e. The van der Waals surface area contributed by atoms with E-state index in [1.54, 1.807) is 6.20 Å². The van der Waals surface area contributed by atoms with Crippen molar-refractivity contribution < 1.29 is 4.74 Å². The van der Waals surface area contributed by atoms with Gasteiger partial charge in [0.05, 0.1) is 0 Å². The number of ether oxygens (including phenoxy) is 1. The van der Waals surface area contributed by atoms with E-state index in [1.807, 2.05) is 36.8 Å². The molecule has 0 N–H and O–H groups in total. The van der Waals surface area contributed by atoms with Crippen molar-refractivity contribution in [3.05, 3.63) is 60.7 Å². The van der Waals surface area contributed by atoms with Crippen LogP contribution in [0.5, 0.6) is 5.75 Å². The summed E-state index contributed by atoms with van der Waals surface area (Å²) in [6, 6.07) is 10.2. The Morgan fingerprint density at radius 1 is 1.24 bits per heavy atom. The summed E-state index contributed by atoms with van der Waals surface area (Å²) >= 11 is 0. The van der Waals surface area contributed by atoms with Crippen LogP contribution >= 0.6 is 0 Å². The van der Waals surface area contributed by atoms with Crippen molar-refractivity contribution in [2.45, 2.75) is 19.4 Å². The van der Waals surface area contributed by atoms with E-state index in [0.717, 1.165) is 29.2 Å². The summed E-state index contributed by atoms with van der Waals surface area (Å²) in [5.41, 5.74) is 3.36. The summed E-state index contributed by atoms with van der Waals surface area (Å²) in [6.45, 7) is 2.10. The highest BCUT2D eigenvalue weighted by atomic mass is 16.5. The fourth-order valence-electron chi connectivity index (χ4n) is 2.78. The SMILES string of the molecule is CC1Cc2cc(-n3ccnc3-c3cccnc3)ccc2O1. The topological polar surface area (TPSA) is 39.9 Å². The monoisotopic (exact) mass is 277 g/mol. The van der Waals surface area contributed by atoms with Gasteiger partial charge in [0, 0.05) is 42.5 Å². The van der Waals surface area contributed by atoms with Crippen LogP contribution in [0.1, 0.15) is 12.5 Å². The molecule has 4 nitrogen and oxygen atoms in total. The largest absolute Gasteiger partial charge is 0.490 e. The molecule has 0 radical (unpaired) electrons. The third-order valence-corrected chi connectivity index (χ3v) is 3.72. The third-order valence-electron chi connectivity index (χ3n) is 3.72. The van der Waals surface area contributed by atoms with Crippen molar-refractivity contribution in [1.29, 1.82) is 0 Å². The molecule has 2 aromatic heterocycles. The second-order valence-electron chi connectivity index (χ2n) is 5.29. The van der Waals surface area contributed by atoms with E-state index in [0.29, 0.717) is 0 Å². The number of nitrogens with zero attached hydrogens (tertiary/aromatic N) is 3. The lowest BCUT2D eigenvalue weighted by molar-refractivity contribution is 0.254. The molecule has 0 fully saturated rings. The molecule has 3 heterocycles. The van der Waals surface area contributed by atoms with Crippen molar-refractivity contribution in [3.63, 3.8) is 0 Å². The molecule has 0 spiro atoms. The number of hydrogen-bond acceptors (Lipinski definition) is 3. The molecule has 104 valence electrons. The molecule has 1 aliphatic rings. The Morgan fingerprint density at radius 2 is 2.19 bits per heavy atom. The standard InChI is InChI=1S/C17H15N3O/c1-12-9-14-10-15(4-5-16(14)21-12)20-8-7-19-17(20)13-3-2-6-18-11-13/h2-8,10-12H,9H2,1H3. The highest BCUT2D eigenvalue weighted by molar-refractivity contribution is 5.58. The van der Waals surface area contributed by atoms with Crippen LogP contribution < -0.4 is 4.74 Å². The molecule has 0 aliphatic carbocycles. The van der Waals surface area contributed by atoms with Crippen molar-refractivity contribution in [2.24, 2.45) is 0 Å². The van der Waals surface area contributed by atoms with Crippen LogP contribution in [-0.2, 0) is 6.42 Å². The molecule has 1 atom stereocenters. The number of aromatic nitrogens is 3. The normalized spacial score (nSPS) is 16.5. The molecule has 4 rings (SSSR count). The number of benzene rings is 1. The van der Waals surface area contributed by atoms with Gasteiger partial charge in [0.15, 0.2) is 0 Å². The molecule has 0 saturated heterocycles. The van der Waals surface area contributed by atoms with E-state index >= 15 is 0 Å². The van der Waals surface area contributed by atoms with Gasteiger partial charge in [0.2, 0.25) is 0 Å². The van der Waals surface area contributed by atoms with Crippen LogP contribution in [0.2, 0.25) is 0 Å². The summed E-state index contributed by atoms with van der Waals surface area (Å²) in [4.78, 5) is 8.63. The number of fused-ring (bicyclic) bond motifs is 1. The summed E-state index contributed by atoms with van der Waals surface area (Å²) < 4.78 is 7.84. The molecule has 1 unspecified atom stereocenters. The van der Waals surface area contributed by atoms with Gasteiger partial charge in [-0.2, -0.15) is 0 Å². The van der Waals surface area contributed by atoms with E-state index in [-0.39, 0.29) is 6.10 Å². The molecule has 0 bridgehead atoms. The van der Waals surface area contributed by atoms with Gasteiger partial charge < -0.3 is 4.74 Å². The first-order valence-electron chi connectivity index (χ1n) is 7.05.